The van der Waals surface area contributed by atoms with Gasteiger partial charge in [-0.1, -0.05) is 43.7 Å². The smallest absolute Gasteiger partial charge is 0.248 e. The van der Waals surface area contributed by atoms with Crippen molar-refractivity contribution in [3.05, 3.63) is 58.7 Å². The first-order valence-electron chi connectivity index (χ1n) is 6.75. The van der Waals surface area contributed by atoms with Gasteiger partial charge in [-0.2, -0.15) is 0 Å². The highest BCUT2D eigenvalue weighted by Gasteiger charge is 2.23. The summed E-state index contributed by atoms with van der Waals surface area (Å²) in [6.45, 7) is 2.13. The topological polar surface area (TPSA) is 43.1 Å². The van der Waals surface area contributed by atoms with E-state index in [-0.39, 0.29) is 5.91 Å². The van der Waals surface area contributed by atoms with Crippen molar-refractivity contribution in [2.75, 3.05) is 0 Å². The molecule has 0 saturated carbocycles. The Hall–Kier alpha value is -2.09. The lowest BCUT2D eigenvalue weighted by Crippen LogP contribution is -2.15. The van der Waals surface area contributed by atoms with Gasteiger partial charge in [0.1, 0.15) is 0 Å². The Balaban J connectivity index is 2.22. The van der Waals surface area contributed by atoms with Crippen LogP contribution in [0.5, 0.6) is 0 Å². The molecule has 0 saturated heterocycles. The fourth-order valence-corrected chi connectivity index (χ4v) is 3.04. The van der Waals surface area contributed by atoms with Gasteiger partial charge in [0, 0.05) is 5.56 Å². The molecule has 96 valence electrons. The van der Waals surface area contributed by atoms with E-state index in [9.17, 15) is 4.79 Å². The van der Waals surface area contributed by atoms with E-state index >= 15 is 0 Å². The summed E-state index contributed by atoms with van der Waals surface area (Å²) in [5.41, 5.74) is 12.5. The molecule has 2 aromatic rings. The number of rotatable bonds is 3. The van der Waals surface area contributed by atoms with Gasteiger partial charge in [-0.15, -0.1) is 0 Å². The van der Waals surface area contributed by atoms with Crippen molar-refractivity contribution in [3.8, 4) is 11.1 Å². The van der Waals surface area contributed by atoms with Crippen molar-refractivity contribution in [1.29, 1.82) is 0 Å². The molecule has 0 bridgehead atoms. The largest absolute Gasteiger partial charge is 0.366 e. The molecule has 0 spiro atoms. The summed E-state index contributed by atoms with van der Waals surface area (Å²) in [5, 5.41) is 0. The molecule has 0 aromatic heterocycles. The minimum Gasteiger partial charge on any atom is -0.366 e. The molecule has 1 aliphatic carbocycles. The first kappa shape index (κ1) is 12.0. The van der Waals surface area contributed by atoms with Gasteiger partial charge in [0.05, 0.1) is 0 Å². The Morgan fingerprint density at radius 1 is 1.16 bits per heavy atom. The maximum atomic E-state index is 11.6. The van der Waals surface area contributed by atoms with Gasteiger partial charge in [0.25, 0.3) is 0 Å². The summed E-state index contributed by atoms with van der Waals surface area (Å²) in [4.78, 5) is 11.6. The van der Waals surface area contributed by atoms with Gasteiger partial charge in [0.2, 0.25) is 5.91 Å². The molecule has 1 aliphatic rings. The van der Waals surface area contributed by atoms with Crippen LogP contribution in [-0.2, 0) is 12.8 Å². The molecule has 3 rings (SSSR count). The number of benzene rings is 2. The van der Waals surface area contributed by atoms with Gasteiger partial charge >= 0.3 is 0 Å². The third kappa shape index (κ3) is 1.84. The summed E-state index contributed by atoms with van der Waals surface area (Å²) in [6, 6.07) is 12.4. The van der Waals surface area contributed by atoms with Gasteiger partial charge in [0.15, 0.2) is 0 Å². The zero-order chi connectivity index (χ0) is 13.4. The van der Waals surface area contributed by atoms with Crippen molar-refractivity contribution in [3.63, 3.8) is 0 Å². The molecule has 0 heterocycles. The molecular weight excluding hydrogens is 234 g/mol. The number of carbonyl (C=O) groups excluding carboxylic acids is 1. The molecule has 0 unspecified atom stereocenters. The molecule has 2 heteroatoms. The third-order valence-electron chi connectivity index (χ3n) is 3.87. The summed E-state index contributed by atoms with van der Waals surface area (Å²) in [5.74, 6) is -0.317. The van der Waals surface area contributed by atoms with Crippen molar-refractivity contribution in [2.24, 2.45) is 5.73 Å². The Bertz CT molecular complexity index is 658. The minimum absolute atomic E-state index is 0.317. The average molecular weight is 251 g/mol. The molecule has 2 nitrogen and oxygen atoms in total. The fourth-order valence-electron chi connectivity index (χ4n) is 3.04. The van der Waals surface area contributed by atoms with Gasteiger partial charge < -0.3 is 5.73 Å². The van der Waals surface area contributed by atoms with Gasteiger partial charge in [-0.25, -0.2) is 0 Å². The number of nitrogens with two attached hydrogens (primary N) is 1. The van der Waals surface area contributed by atoms with Crippen LogP contribution in [0.3, 0.4) is 0 Å². The number of hydrogen-bond donors (Lipinski definition) is 1. The lowest BCUT2D eigenvalue weighted by Gasteiger charge is -2.12. The van der Waals surface area contributed by atoms with E-state index in [0.29, 0.717) is 5.56 Å². The zero-order valence-corrected chi connectivity index (χ0v) is 11.1. The first-order valence-corrected chi connectivity index (χ1v) is 6.75. The highest BCUT2D eigenvalue weighted by atomic mass is 16.1. The van der Waals surface area contributed by atoms with E-state index in [1.165, 1.54) is 22.3 Å². The summed E-state index contributed by atoms with van der Waals surface area (Å²) in [6.07, 6.45) is 2.85. The predicted molar refractivity (Wildman–Crippen MR) is 77.2 cm³/mol. The number of carbonyl (C=O) groups is 1. The molecule has 0 atom stereocenters. The standard InChI is InChI=1S/C17H17NO/c1-2-5-13-15(17(18)19)9-8-14-12-7-4-3-6-11(12)10-16(13)14/h3-4,6-9H,2,5,10H2,1H3,(H2,18,19). The molecule has 19 heavy (non-hydrogen) atoms. The Morgan fingerprint density at radius 2 is 1.95 bits per heavy atom. The molecular formula is C17H17NO. The second-order valence-corrected chi connectivity index (χ2v) is 5.07. The monoisotopic (exact) mass is 251 g/mol. The maximum Gasteiger partial charge on any atom is 0.248 e. The van der Waals surface area contributed by atoms with Crippen LogP contribution in [-0.4, -0.2) is 5.91 Å². The summed E-state index contributed by atoms with van der Waals surface area (Å²) < 4.78 is 0. The number of fused-ring (bicyclic) bond motifs is 3. The summed E-state index contributed by atoms with van der Waals surface area (Å²) in [7, 11) is 0. The Labute approximate surface area is 113 Å². The third-order valence-corrected chi connectivity index (χ3v) is 3.87. The van der Waals surface area contributed by atoms with Crippen LogP contribution in [0.15, 0.2) is 36.4 Å². The Morgan fingerprint density at radius 3 is 2.68 bits per heavy atom. The molecule has 2 N–H and O–H groups in total. The lowest BCUT2D eigenvalue weighted by molar-refractivity contribution is 0.0999. The van der Waals surface area contributed by atoms with E-state index in [2.05, 4.69) is 31.2 Å². The van der Waals surface area contributed by atoms with E-state index in [4.69, 9.17) is 5.73 Å². The second kappa shape index (κ2) is 4.54. The maximum absolute atomic E-state index is 11.6. The minimum atomic E-state index is -0.317. The van der Waals surface area contributed by atoms with Crippen LogP contribution in [0.2, 0.25) is 0 Å². The van der Waals surface area contributed by atoms with E-state index in [1.54, 1.807) is 0 Å². The SMILES string of the molecule is CCCc1c(C(N)=O)ccc2c1Cc1ccccc1-2. The summed E-state index contributed by atoms with van der Waals surface area (Å²) >= 11 is 0. The highest BCUT2D eigenvalue weighted by Crippen LogP contribution is 2.39. The second-order valence-electron chi connectivity index (χ2n) is 5.07. The van der Waals surface area contributed by atoms with Crippen LogP contribution in [0.25, 0.3) is 11.1 Å². The van der Waals surface area contributed by atoms with Crippen molar-refractivity contribution < 1.29 is 4.79 Å². The Kier molecular flexibility index (Phi) is 2.86. The van der Waals surface area contributed by atoms with E-state index in [0.717, 1.165) is 24.8 Å². The normalized spacial score (nSPS) is 12.1. The highest BCUT2D eigenvalue weighted by molar-refractivity contribution is 5.96. The molecule has 2 aromatic carbocycles. The number of primary amides is 1. The zero-order valence-electron chi connectivity index (χ0n) is 11.1. The van der Waals surface area contributed by atoms with Crippen LogP contribution in [0.4, 0.5) is 0 Å². The van der Waals surface area contributed by atoms with Gasteiger partial charge in [-0.3, -0.25) is 4.79 Å². The average Bonchev–Trinajstić information content (AvgIpc) is 2.78. The molecule has 0 fully saturated rings. The molecule has 0 radical (unpaired) electrons. The first-order chi connectivity index (χ1) is 9.22. The van der Waals surface area contributed by atoms with Crippen molar-refractivity contribution in [1.82, 2.24) is 0 Å². The van der Waals surface area contributed by atoms with Crippen LogP contribution in [0, 0.1) is 0 Å². The molecule has 0 aliphatic heterocycles. The van der Waals surface area contributed by atoms with E-state index in [1.807, 2.05) is 12.1 Å². The number of hydrogen-bond acceptors (Lipinski definition) is 1. The quantitative estimate of drug-likeness (QED) is 0.762. The lowest BCUT2D eigenvalue weighted by atomic mass is 9.93. The fraction of sp³-hybridized carbons (Fsp3) is 0.235. The molecule has 1 amide bonds. The van der Waals surface area contributed by atoms with Crippen LogP contribution in [0.1, 0.15) is 40.4 Å². The van der Waals surface area contributed by atoms with Crippen LogP contribution < -0.4 is 5.73 Å². The van der Waals surface area contributed by atoms with E-state index < -0.39 is 0 Å². The van der Waals surface area contributed by atoms with Gasteiger partial charge in [-0.05, 0) is 46.7 Å². The van der Waals surface area contributed by atoms with Crippen LogP contribution >= 0.6 is 0 Å². The number of amides is 1. The van der Waals surface area contributed by atoms with Crippen molar-refractivity contribution in [2.45, 2.75) is 26.2 Å². The van der Waals surface area contributed by atoms with Crippen molar-refractivity contribution >= 4 is 5.91 Å². The predicted octanol–water partition coefficient (Wildman–Crippen LogP) is 3.31.